The molecule has 1 N–H and O–H groups in total. The van der Waals surface area contributed by atoms with Gasteiger partial charge < -0.3 is 15.0 Å². The number of aryl methyl sites for hydroxylation is 1. The van der Waals surface area contributed by atoms with E-state index >= 15 is 0 Å². The number of rotatable bonds is 10. The highest BCUT2D eigenvalue weighted by Gasteiger charge is 2.31. The van der Waals surface area contributed by atoms with Crippen LogP contribution in [0.4, 0.5) is 5.69 Å². The van der Waals surface area contributed by atoms with Crippen LogP contribution in [0.3, 0.4) is 0 Å². The van der Waals surface area contributed by atoms with Gasteiger partial charge in [-0.1, -0.05) is 48.0 Å². The first kappa shape index (κ1) is 29.7. The monoisotopic (exact) mass is 551 g/mol. The third-order valence-corrected chi connectivity index (χ3v) is 7.06. The predicted molar refractivity (Wildman–Crippen MR) is 154 cm³/mol. The fourth-order valence-electron chi connectivity index (χ4n) is 3.87. The highest BCUT2D eigenvalue weighted by molar-refractivity contribution is 7.92. The van der Waals surface area contributed by atoms with Crippen LogP contribution >= 0.6 is 0 Å². The Hall–Kier alpha value is -3.85. The summed E-state index contributed by atoms with van der Waals surface area (Å²) in [6.45, 7) is 8.89. The van der Waals surface area contributed by atoms with Crippen molar-refractivity contribution in [3.63, 3.8) is 0 Å². The van der Waals surface area contributed by atoms with Crippen LogP contribution in [-0.2, 0) is 26.2 Å². The molecule has 208 valence electrons. The van der Waals surface area contributed by atoms with E-state index in [1.165, 1.54) is 4.90 Å². The summed E-state index contributed by atoms with van der Waals surface area (Å²) in [5.74, 6) is 0.353. The first-order valence-electron chi connectivity index (χ1n) is 12.7. The molecular weight excluding hydrogens is 514 g/mol. The van der Waals surface area contributed by atoms with Crippen LogP contribution in [0, 0.1) is 6.92 Å². The van der Waals surface area contributed by atoms with Crippen molar-refractivity contribution in [2.45, 2.75) is 52.7 Å². The highest BCUT2D eigenvalue weighted by atomic mass is 32.2. The zero-order valence-corrected chi connectivity index (χ0v) is 24.2. The molecule has 0 saturated heterocycles. The van der Waals surface area contributed by atoms with Gasteiger partial charge in [0.25, 0.3) is 0 Å². The predicted octanol–water partition coefficient (Wildman–Crippen LogP) is 4.89. The Morgan fingerprint density at radius 1 is 0.897 bits per heavy atom. The van der Waals surface area contributed by atoms with Crippen LogP contribution in [0.15, 0.2) is 78.9 Å². The van der Waals surface area contributed by atoms with Gasteiger partial charge in [-0.2, -0.15) is 0 Å². The molecule has 3 aromatic rings. The molecule has 39 heavy (non-hydrogen) atoms. The average Bonchev–Trinajstić information content (AvgIpc) is 2.86. The quantitative estimate of drug-likeness (QED) is 0.387. The molecule has 2 amide bonds. The zero-order chi connectivity index (χ0) is 28.8. The Bertz CT molecular complexity index is 1370. The van der Waals surface area contributed by atoms with Crippen LogP contribution in [0.1, 0.15) is 38.8 Å². The van der Waals surface area contributed by atoms with Gasteiger partial charge in [0.15, 0.2) is 0 Å². The van der Waals surface area contributed by atoms with Gasteiger partial charge in [-0.3, -0.25) is 13.9 Å². The van der Waals surface area contributed by atoms with Crippen molar-refractivity contribution >= 4 is 27.5 Å². The van der Waals surface area contributed by atoms with Crippen molar-refractivity contribution in [1.82, 2.24) is 10.2 Å². The molecule has 0 aromatic heterocycles. The molecule has 9 heteroatoms. The van der Waals surface area contributed by atoms with E-state index in [1.54, 1.807) is 31.2 Å². The Balaban J connectivity index is 1.87. The minimum absolute atomic E-state index is 0.152. The molecule has 3 aromatic carbocycles. The summed E-state index contributed by atoms with van der Waals surface area (Å²) in [7, 11) is -3.83. The molecule has 0 radical (unpaired) electrons. The molecule has 0 bridgehead atoms. The number of hydrogen-bond donors (Lipinski definition) is 1. The number of benzene rings is 3. The van der Waals surface area contributed by atoms with Gasteiger partial charge in [-0.05, 0) is 76.6 Å². The largest absolute Gasteiger partial charge is 0.457 e. The van der Waals surface area contributed by atoms with Crippen molar-refractivity contribution in [2.24, 2.45) is 0 Å². The fourth-order valence-corrected chi connectivity index (χ4v) is 4.72. The second-order valence-electron chi connectivity index (χ2n) is 10.6. The smallest absolute Gasteiger partial charge is 0.244 e. The van der Waals surface area contributed by atoms with Gasteiger partial charge in [-0.15, -0.1) is 0 Å². The number of nitrogens with zero attached hydrogens (tertiary/aromatic N) is 2. The number of hydrogen-bond acceptors (Lipinski definition) is 5. The molecule has 3 rings (SSSR count). The van der Waals surface area contributed by atoms with E-state index in [-0.39, 0.29) is 12.5 Å². The Morgan fingerprint density at radius 2 is 1.46 bits per heavy atom. The molecule has 0 spiro atoms. The normalized spacial score (nSPS) is 12.4. The summed E-state index contributed by atoms with van der Waals surface area (Å²) in [5, 5.41) is 2.91. The van der Waals surface area contributed by atoms with E-state index in [2.05, 4.69) is 5.32 Å². The first-order chi connectivity index (χ1) is 18.2. The van der Waals surface area contributed by atoms with Crippen molar-refractivity contribution in [1.29, 1.82) is 0 Å². The lowest BCUT2D eigenvalue weighted by Gasteiger charge is -2.33. The summed E-state index contributed by atoms with van der Waals surface area (Å²) in [5.41, 5.74) is 1.72. The molecule has 0 heterocycles. The van der Waals surface area contributed by atoms with E-state index in [1.807, 2.05) is 82.3 Å². The minimum Gasteiger partial charge on any atom is -0.457 e. The SMILES string of the molecule is Cc1ccc(CN(C(=O)CN(c2ccc(Oc3ccccc3)cc2)S(C)(=O)=O)C(C)C(=O)NC(C)(C)C)cc1. The number of ether oxygens (including phenoxy) is 1. The van der Waals surface area contributed by atoms with E-state index in [9.17, 15) is 18.0 Å². The number of para-hydroxylation sites is 1. The summed E-state index contributed by atoms with van der Waals surface area (Å²) >= 11 is 0. The lowest BCUT2D eigenvalue weighted by Crippen LogP contribution is -2.54. The first-order valence-corrected chi connectivity index (χ1v) is 14.6. The Labute approximate surface area is 231 Å². The maximum Gasteiger partial charge on any atom is 0.244 e. The molecule has 8 nitrogen and oxygen atoms in total. The third-order valence-electron chi connectivity index (χ3n) is 5.92. The van der Waals surface area contributed by atoms with Gasteiger partial charge in [0.05, 0.1) is 11.9 Å². The van der Waals surface area contributed by atoms with Crippen LogP contribution in [0.2, 0.25) is 0 Å². The second-order valence-corrected chi connectivity index (χ2v) is 12.5. The molecule has 1 unspecified atom stereocenters. The lowest BCUT2D eigenvalue weighted by atomic mass is 10.1. The van der Waals surface area contributed by atoms with E-state index in [0.717, 1.165) is 21.7 Å². The van der Waals surface area contributed by atoms with Gasteiger partial charge in [-0.25, -0.2) is 8.42 Å². The van der Waals surface area contributed by atoms with Crippen molar-refractivity contribution in [3.05, 3.63) is 90.0 Å². The second kappa shape index (κ2) is 12.3. The summed E-state index contributed by atoms with van der Waals surface area (Å²) in [6.07, 6.45) is 1.05. The van der Waals surface area contributed by atoms with Gasteiger partial charge >= 0.3 is 0 Å². The van der Waals surface area contributed by atoms with E-state index < -0.39 is 34.1 Å². The molecule has 0 aliphatic carbocycles. The molecule has 0 aliphatic rings. The summed E-state index contributed by atoms with van der Waals surface area (Å²) < 4.78 is 32.4. The van der Waals surface area contributed by atoms with Crippen LogP contribution in [0.5, 0.6) is 11.5 Å². The van der Waals surface area contributed by atoms with Crippen LogP contribution < -0.4 is 14.4 Å². The van der Waals surface area contributed by atoms with E-state index in [4.69, 9.17) is 4.74 Å². The fraction of sp³-hybridized carbons (Fsp3) is 0.333. The molecule has 0 fully saturated rings. The summed E-state index contributed by atoms with van der Waals surface area (Å²) in [4.78, 5) is 28.1. The molecule has 1 atom stereocenters. The van der Waals surface area contributed by atoms with Gasteiger partial charge in [0, 0.05) is 12.1 Å². The summed E-state index contributed by atoms with van der Waals surface area (Å²) in [6, 6.07) is 22.5. The number of nitrogens with one attached hydrogen (secondary N) is 1. The number of amides is 2. The standard InChI is InChI=1S/C30H37N3O5S/c1-22-12-14-24(15-13-22)20-32(23(2)29(35)31-30(3,4)5)28(34)21-33(39(6,36)37)25-16-18-27(19-17-25)38-26-10-8-7-9-11-26/h7-19,23H,20-21H2,1-6H3,(H,31,35). The third kappa shape index (κ3) is 8.85. The van der Waals surface area contributed by atoms with Crippen molar-refractivity contribution in [2.75, 3.05) is 17.1 Å². The molecular formula is C30H37N3O5S. The Morgan fingerprint density at radius 3 is 2.00 bits per heavy atom. The number of sulfonamides is 1. The number of carbonyl (C=O) groups excluding carboxylic acids is 2. The Kier molecular flexibility index (Phi) is 9.40. The number of anilines is 1. The lowest BCUT2D eigenvalue weighted by molar-refractivity contribution is -0.140. The van der Waals surface area contributed by atoms with Gasteiger partial charge in [0.2, 0.25) is 21.8 Å². The topological polar surface area (TPSA) is 96.0 Å². The van der Waals surface area contributed by atoms with Gasteiger partial charge in [0.1, 0.15) is 24.1 Å². The van der Waals surface area contributed by atoms with E-state index in [0.29, 0.717) is 17.2 Å². The maximum atomic E-state index is 13.7. The van der Waals surface area contributed by atoms with Crippen molar-refractivity contribution in [3.8, 4) is 11.5 Å². The average molecular weight is 552 g/mol. The maximum absolute atomic E-state index is 13.7. The minimum atomic E-state index is -3.83. The number of carbonyl (C=O) groups is 2. The van der Waals surface area contributed by atoms with Crippen LogP contribution in [0.25, 0.3) is 0 Å². The molecule has 0 saturated carbocycles. The molecule has 0 aliphatic heterocycles. The zero-order valence-electron chi connectivity index (χ0n) is 23.3. The van der Waals surface area contributed by atoms with Crippen molar-refractivity contribution < 1.29 is 22.7 Å². The highest BCUT2D eigenvalue weighted by Crippen LogP contribution is 2.26. The van der Waals surface area contributed by atoms with Crippen LogP contribution in [-0.4, -0.2) is 49.5 Å².